The van der Waals surface area contributed by atoms with Crippen LogP contribution in [0.1, 0.15) is 60.5 Å². The number of carbonyl (C=O) groups excluding carboxylic acids is 1. The molecule has 0 aliphatic rings. The number of aryl methyl sites for hydroxylation is 5. The first-order valence-electron chi connectivity index (χ1n) is 10.3. The first kappa shape index (κ1) is 22.0. The average molecular weight is 409 g/mol. The topological polar surface area (TPSA) is 64.2 Å². The zero-order chi connectivity index (χ0) is 22.4. The second-order valence-electron chi connectivity index (χ2n) is 9.02. The number of H-pyrrole nitrogens is 1. The second kappa shape index (κ2) is 7.88. The lowest BCUT2D eigenvalue weighted by Crippen LogP contribution is -2.29. The molecular formula is C25H32N2O3. The predicted octanol–water partition coefficient (Wildman–Crippen LogP) is 5.80. The number of carbonyl (C=O) groups is 1. The van der Waals surface area contributed by atoms with Gasteiger partial charge in [-0.25, -0.2) is 9.78 Å². The molecule has 0 unspecified atom stereocenters. The van der Waals surface area contributed by atoms with Gasteiger partial charge in [0.1, 0.15) is 5.65 Å². The van der Waals surface area contributed by atoms with Crippen LogP contribution in [0.4, 0.5) is 0 Å². The van der Waals surface area contributed by atoms with E-state index < -0.39 is 17.7 Å². The number of esters is 1. The first-order chi connectivity index (χ1) is 13.9. The molecule has 2 heterocycles. The Kier molecular flexibility index (Phi) is 5.79. The number of fused-ring (bicyclic) bond motifs is 1. The maximum Gasteiger partial charge on any atom is 0.339 e. The number of hydrogen-bond donors (Lipinski definition) is 1. The van der Waals surface area contributed by atoms with E-state index in [4.69, 9.17) is 14.5 Å². The highest BCUT2D eigenvalue weighted by Gasteiger charge is 2.34. The van der Waals surface area contributed by atoms with Gasteiger partial charge in [0, 0.05) is 27.9 Å². The van der Waals surface area contributed by atoms with Gasteiger partial charge in [-0.15, -0.1) is 0 Å². The number of methoxy groups -OCH3 is 1. The van der Waals surface area contributed by atoms with Crippen molar-refractivity contribution in [1.29, 1.82) is 0 Å². The maximum absolute atomic E-state index is 12.9. The number of rotatable bonds is 4. The quantitative estimate of drug-likeness (QED) is 0.554. The summed E-state index contributed by atoms with van der Waals surface area (Å²) in [7, 11) is 1.39. The van der Waals surface area contributed by atoms with Crippen LogP contribution < -0.4 is 0 Å². The molecule has 0 spiro atoms. The molecule has 30 heavy (non-hydrogen) atoms. The molecule has 0 saturated heterocycles. The van der Waals surface area contributed by atoms with Crippen LogP contribution in [0.2, 0.25) is 0 Å². The van der Waals surface area contributed by atoms with Crippen LogP contribution in [0.25, 0.3) is 22.2 Å². The number of aromatic nitrogens is 2. The van der Waals surface area contributed by atoms with E-state index in [9.17, 15) is 4.79 Å². The summed E-state index contributed by atoms with van der Waals surface area (Å²) in [5, 5.41) is 1.02. The van der Waals surface area contributed by atoms with E-state index in [0.29, 0.717) is 0 Å². The van der Waals surface area contributed by atoms with Gasteiger partial charge in [-0.3, -0.25) is 0 Å². The number of pyridine rings is 1. The minimum atomic E-state index is -0.877. The number of benzene rings is 1. The van der Waals surface area contributed by atoms with Gasteiger partial charge in [0.05, 0.1) is 12.7 Å². The van der Waals surface area contributed by atoms with Crippen molar-refractivity contribution in [2.45, 2.75) is 67.1 Å². The van der Waals surface area contributed by atoms with Crippen molar-refractivity contribution >= 4 is 17.0 Å². The van der Waals surface area contributed by atoms with E-state index in [-0.39, 0.29) is 0 Å². The monoisotopic (exact) mass is 408 g/mol. The zero-order valence-electron chi connectivity index (χ0n) is 19.5. The highest BCUT2D eigenvalue weighted by atomic mass is 16.6. The normalized spacial score (nSPS) is 13.0. The molecule has 160 valence electrons. The molecule has 1 aromatic carbocycles. The van der Waals surface area contributed by atoms with Crippen molar-refractivity contribution in [3.8, 4) is 11.1 Å². The molecule has 0 bridgehead atoms. The molecule has 0 aliphatic heterocycles. The lowest BCUT2D eigenvalue weighted by atomic mass is 9.89. The van der Waals surface area contributed by atoms with Crippen molar-refractivity contribution < 1.29 is 14.3 Å². The van der Waals surface area contributed by atoms with Gasteiger partial charge >= 0.3 is 5.97 Å². The molecule has 1 atom stereocenters. The van der Waals surface area contributed by atoms with Crippen LogP contribution in [0, 0.1) is 34.6 Å². The summed E-state index contributed by atoms with van der Waals surface area (Å²) in [6.45, 7) is 16.0. The third kappa shape index (κ3) is 3.99. The molecule has 5 heteroatoms. The van der Waals surface area contributed by atoms with Gasteiger partial charge in [-0.1, -0.05) is 18.2 Å². The lowest BCUT2D eigenvalue weighted by Gasteiger charge is -2.28. The molecule has 3 aromatic rings. The van der Waals surface area contributed by atoms with Crippen molar-refractivity contribution in [1.82, 2.24) is 9.97 Å². The Balaban J connectivity index is 2.45. The molecule has 0 aliphatic carbocycles. The van der Waals surface area contributed by atoms with Gasteiger partial charge in [0.25, 0.3) is 0 Å². The van der Waals surface area contributed by atoms with E-state index >= 15 is 0 Å². The highest BCUT2D eigenvalue weighted by Crippen LogP contribution is 2.41. The predicted molar refractivity (Wildman–Crippen MR) is 121 cm³/mol. The average Bonchev–Trinajstić information content (AvgIpc) is 2.93. The summed E-state index contributed by atoms with van der Waals surface area (Å²) in [4.78, 5) is 21.1. The Labute approximate surface area is 178 Å². The molecule has 0 saturated carbocycles. The van der Waals surface area contributed by atoms with E-state index in [2.05, 4.69) is 44.0 Å². The summed E-state index contributed by atoms with van der Waals surface area (Å²) in [5.41, 5.74) is 8.39. The largest absolute Gasteiger partial charge is 0.467 e. The first-order valence-corrected chi connectivity index (χ1v) is 10.3. The van der Waals surface area contributed by atoms with E-state index in [1.165, 1.54) is 18.2 Å². The number of ether oxygens (including phenoxy) is 2. The summed E-state index contributed by atoms with van der Waals surface area (Å²) in [6, 6.07) is 6.39. The van der Waals surface area contributed by atoms with Crippen molar-refractivity contribution in [2.24, 2.45) is 0 Å². The van der Waals surface area contributed by atoms with Crippen molar-refractivity contribution in [3.05, 3.63) is 51.8 Å². The Bertz CT molecular complexity index is 1120. The fourth-order valence-electron chi connectivity index (χ4n) is 3.84. The fourth-order valence-corrected chi connectivity index (χ4v) is 3.84. The van der Waals surface area contributed by atoms with Crippen LogP contribution >= 0.6 is 0 Å². The minimum absolute atomic E-state index is 0.427. The molecule has 3 rings (SSSR count). The Morgan fingerprint density at radius 2 is 1.73 bits per heavy atom. The SMILES string of the molecule is COC(=O)[C@@H](OC(C)(C)C)c1c(C)nc2[nH]c(C)c(C)c2c1-c1ccc(C)c(C)c1. The molecular weight excluding hydrogens is 376 g/mol. The third-order valence-electron chi connectivity index (χ3n) is 5.61. The standard InChI is InChI=1S/C25H32N2O3/c1-13-10-11-18(12-14(13)2)21-19-15(3)16(4)26-23(19)27-17(5)20(21)22(24(28)29-9)30-25(6,7)8/h10-12,22H,1-9H3,(H,26,27)/t22-/m0/s1. The van der Waals surface area contributed by atoms with Gasteiger partial charge < -0.3 is 14.5 Å². The molecule has 0 amide bonds. The van der Waals surface area contributed by atoms with Crippen LogP contribution in [-0.4, -0.2) is 28.6 Å². The van der Waals surface area contributed by atoms with Gasteiger partial charge in [0.2, 0.25) is 0 Å². The molecule has 5 nitrogen and oxygen atoms in total. The van der Waals surface area contributed by atoms with Gasteiger partial charge in [-0.2, -0.15) is 0 Å². The van der Waals surface area contributed by atoms with Gasteiger partial charge in [0.15, 0.2) is 6.10 Å². The summed E-state index contributed by atoms with van der Waals surface area (Å²) in [5.74, 6) is -0.427. The Hall–Kier alpha value is -2.66. The van der Waals surface area contributed by atoms with E-state index in [1.54, 1.807) is 0 Å². The lowest BCUT2D eigenvalue weighted by molar-refractivity contribution is -0.164. The molecule has 2 aromatic heterocycles. The van der Waals surface area contributed by atoms with Crippen LogP contribution in [0.3, 0.4) is 0 Å². The smallest absolute Gasteiger partial charge is 0.339 e. The molecule has 1 N–H and O–H groups in total. The van der Waals surface area contributed by atoms with Crippen LogP contribution in [-0.2, 0) is 14.3 Å². The highest BCUT2D eigenvalue weighted by molar-refractivity contribution is 6.00. The Morgan fingerprint density at radius 3 is 2.30 bits per heavy atom. The second-order valence-corrected chi connectivity index (χ2v) is 9.02. The third-order valence-corrected chi connectivity index (χ3v) is 5.61. The number of nitrogens with one attached hydrogen (secondary N) is 1. The van der Waals surface area contributed by atoms with Gasteiger partial charge in [-0.05, 0) is 77.6 Å². The fraction of sp³-hybridized carbons (Fsp3) is 0.440. The number of nitrogens with zero attached hydrogens (tertiary/aromatic N) is 1. The van der Waals surface area contributed by atoms with Crippen molar-refractivity contribution in [3.63, 3.8) is 0 Å². The zero-order valence-corrected chi connectivity index (χ0v) is 19.5. The molecule has 0 radical (unpaired) electrons. The van der Waals surface area contributed by atoms with E-state index in [1.807, 2.05) is 34.6 Å². The number of aromatic amines is 1. The molecule has 0 fully saturated rings. The summed E-state index contributed by atoms with van der Waals surface area (Å²) in [6.07, 6.45) is -0.877. The summed E-state index contributed by atoms with van der Waals surface area (Å²) >= 11 is 0. The van der Waals surface area contributed by atoms with Crippen LogP contribution in [0.5, 0.6) is 0 Å². The minimum Gasteiger partial charge on any atom is -0.467 e. The van der Waals surface area contributed by atoms with Crippen molar-refractivity contribution in [2.75, 3.05) is 7.11 Å². The summed E-state index contributed by atoms with van der Waals surface area (Å²) < 4.78 is 11.4. The number of hydrogen-bond acceptors (Lipinski definition) is 4. The van der Waals surface area contributed by atoms with Crippen LogP contribution in [0.15, 0.2) is 18.2 Å². The Morgan fingerprint density at radius 1 is 1.07 bits per heavy atom. The van der Waals surface area contributed by atoms with E-state index in [0.717, 1.165) is 44.7 Å². The maximum atomic E-state index is 12.9.